The van der Waals surface area contributed by atoms with E-state index in [0.29, 0.717) is 17.3 Å². The number of aryl methyl sites for hydroxylation is 1. The molecule has 2 amide bonds. The van der Waals surface area contributed by atoms with Gasteiger partial charge < -0.3 is 5.32 Å². The molecule has 0 spiro atoms. The molecule has 35 heavy (non-hydrogen) atoms. The molecule has 0 aromatic heterocycles. The zero-order valence-corrected chi connectivity index (χ0v) is 19.8. The fraction of sp³-hybridized carbons (Fsp3) is 0.185. The van der Waals surface area contributed by atoms with Crippen molar-refractivity contribution in [1.29, 1.82) is 0 Å². The molecule has 0 saturated carbocycles. The van der Waals surface area contributed by atoms with Gasteiger partial charge in [-0.15, -0.1) is 0 Å². The average Bonchev–Trinajstić information content (AvgIpc) is 3.44. The third-order valence-electron chi connectivity index (χ3n) is 5.88. The van der Waals surface area contributed by atoms with Crippen molar-refractivity contribution in [2.75, 3.05) is 5.32 Å². The van der Waals surface area contributed by atoms with Crippen molar-refractivity contribution in [3.8, 4) is 0 Å². The number of hydrazone groups is 1. The first-order chi connectivity index (χ1) is 17.0. The minimum absolute atomic E-state index is 0.00159. The van der Waals surface area contributed by atoms with E-state index < -0.39 is 5.25 Å². The summed E-state index contributed by atoms with van der Waals surface area (Å²) >= 11 is 1.22. The molecule has 0 saturated heterocycles. The Morgan fingerprint density at radius 3 is 2.60 bits per heavy atom. The SMILES string of the molecule is Cc1ccc(C2=NN(C3=NC(=O)[C@H](CC(=O)Nc4ccccc4)S3)[C@H](c3cccc(F)c3)C2)cc1. The number of thioether (sulfide) groups is 1. The van der Waals surface area contributed by atoms with E-state index in [1.54, 1.807) is 23.2 Å². The van der Waals surface area contributed by atoms with Crippen LogP contribution in [0.5, 0.6) is 0 Å². The molecule has 1 N–H and O–H groups in total. The first kappa shape index (κ1) is 23.0. The lowest BCUT2D eigenvalue weighted by atomic mass is 9.98. The van der Waals surface area contributed by atoms with Gasteiger partial charge in [0.05, 0.1) is 11.8 Å². The summed E-state index contributed by atoms with van der Waals surface area (Å²) in [6.45, 7) is 2.02. The van der Waals surface area contributed by atoms with Crippen LogP contribution in [0, 0.1) is 12.7 Å². The van der Waals surface area contributed by atoms with Gasteiger partial charge in [-0.1, -0.05) is 71.9 Å². The van der Waals surface area contributed by atoms with Crippen molar-refractivity contribution in [1.82, 2.24) is 5.01 Å². The lowest BCUT2D eigenvalue weighted by Crippen LogP contribution is -2.25. The number of hydrogen-bond donors (Lipinski definition) is 1. The second kappa shape index (κ2) is 9.84. The highest BCUT2D eigenvalue weighted by Crippen LogP contribution is 2.38. The van der Waals surface area contributed by atoms with Crippen molar-refractivity contribution in [2.45, 2.75) is 31.1 Å². The Bertz CT molecular complexity index is 1320. The smallest absolute Gasteiger partial charge is 0.262 e. The van der Waals surface area contributed by atoms with Crippen molar-refractivity contribution < 1.29 is 14.0 Å². The molecule has 0 radical (unpaired) electrons. The van der Waals surface area contributed by atoms with Gasteiger partial charge in [-0.05, 0) is 42.3 Å². The number of rotatable bonds is 5. The summed E-state index contributed by atoms with van der Waals surface area (Å²) in [5.74, 6) is -0.963. The second-order valence-electron chi connectivity index (χ2n) is 8.49. The largest absolute Gasteiger partial charge is 0.326 e. The summed E-state index contributed by atoms with van der Waals surface area (Å²) in [4.78, 5) is 29.4. The normalized spacial score (nSPS) is 19.5. The van der Waals surface area contributed by atoms with Gasteiger partial charge in [-0.3, -0.25) is 9.59 Å². The van der Waals surface area contributed by atoms with Crippen LogP contribution >= 0.6 is 11.8 Å². The highest BCUT2D eigenvalue weighted by Gasteiger charge is 2.39. The second-order valence-corrected chi connectivity index (χ2v) is 9.66. The summed E-state index contributed by atoms with van der Waals surface area (Å²) in [5, 5.41) is 9.08. The molecular weight excluding hydrogens is 463 g/mol. The van der Waals surface area contributed by atoms with Crippen LogP contribution in [0.15, 0.2) is 89.0 Å². The van der Waals surface area contributed by atoms with Gasteiger partial charge in [0.1, 0.15) is 11.1 Å². The molecule has 8 heteroatoms. The van der Waals surface area contributed by atoms with Gasteiger partial charge in [-0.25, -0.2) is 9.40 Å². The molecule has 2 atom stereocenters. The molecule has 2 aliphatic heterocycles. The third-order valence-corrected chi connectivity index (χ3v) is 7.02. The zero-order valence-electron chi connectivity index (χ0n) is 19.0. The molecule has 3 aromatic carbocycles. The van der Waals surface area contributed by atoms with E-state index in [9.17, 15) is 14.0 Å². The fourth-order valence-corrected chi connectivity index (χ4v) is 5.15. The number of carbonyl (C=O) groups excluding carboxylic acids is 2. The van der Waals surface area contributed by atoms with Crippen molar-refractivity contribution in [2.24, 2.45) is 10.1 Å². The fourth-order valence-electron chi connectivity index (χ4n) is 4.09. The summed E-state index contributed by atoms with van der Waals surface area (Å²) < 4.78 is 14.0. The maximum absolute atomic E-state index is 14.0. The van der Waals surface area contributed by atoms with Crippen LogP contribution in [0.2, 0.25) is 0 Å². The maximum atomic E-state index is 14.0. The van der Waals surface area contributed by atoms with Crippen LogP contribution < -0.4 is 5.32 Å². The molecule has 0 unspecified atom stereocenters. The van der Waals surface area contributed by atoms with Crippen molar-refractivity contribution >= 4 is 40.1 Å². The predicted molar refractivity (Wildman–Crippen MR) is 137 cm³/mol. The Morgan fingerprint density at radius 1 is 1.09 bits per heavy atom. The Labute approximate surface area is 207 Å². The Kier molecular flexibility index (Phi) is 6.46. The van der Waals surface area contributed by atoms with Crippen molar-refractivity contribution in [3.05, 3.63) is 101 Å². The number of amidine groups is 1. The van der Waals surface area contributed by atoms with Crippen LogP contribution in [0.1, 0.15) is 35.6 Å². The van der Waals surface area contributed by atoms with Crippen molar-refractivity contribution in [3.63, 3.8) is 0 Å². The quantitative estimate of drug-likeness (QED) is 0.530. The number of anilines is 1. The van der Waals surface area contributed by atoms with E-state index in [2.05, 4.69) is 10.3 Å². The Morgan fingerprint density at radius 2 is 1.86 bits per heavy atom. The molecule has 0 aliphatic carbocycles. The van der Waals surface area contributed by atoms with Gasteiger partial charge >= 0.3 is 0 Å². The van der Waals surface area contributed by atoms with Crippen LogP contribution in [0.3, 0.4) is 0 Å². The van der Waals surface area contributed by atoms with E-state index in [0.717, 1.165) is 22.4 Å². The Hall–Kier alpha value is -3.78. The van der Waals surface area contributed by atoms with Gasteiger partial charge in [0, 0.05) is 18.5 Å². The number of halogens is 1. The molecule has 0 fully saturated rings. The predicted octanol–water partition coefficient (Wildman–Crippen LogP) is 5.31. The van der Waals surface area contributed by atoms with Crippen LogP contribution in [0.25, 0.3) is 0 Å². The highest BCUT2D eigenvalue weighted by molar-refractivity contribution is 8.15. The molecule has 2 aliphatic rings. The number of hydrogen-bond acceptors (Lipinski definition) is 5. The Balaban J connectivity index is 1.37. The van der Waals surface area contributed by atoms with Gasteiger partial charge in [0.25, 0.3) is 5.91 Å². The number of benzene rings is 3. The molecule has 0 bridgehead atoms. The summed E-state index contributed by atoms with van der Waals surface area (Å²) in [7, 11) is 0. The van der Waals surface area contributed by atoms with Gasteiger partial charge in [0.15, 0.2) is 5.17 Å². The third kappa shape index (κ3) is 5.17. The summed E-state index contributed by atoms with van der Waals surface area (Å²) in [6, 6.07) is 23.2. The minimum atomic E-state index is -0.638. The van der Waals surface area contributed by atoms with Crippen LogP contribution in [-0.4, -0.2) is 33.0 Å². The number of amides is 2. The standard InChI is InChI=1S/C27H23FN4O2S/c1-17-10-12-18(13-11-17)22-15-23(19-6-5-7-20(28)14-19)32(31-22)27-30-26(34)24(35-27)16-25(33)29-21-8-3-2-4-9-21/h2-14,23-24H,15-16H2,1H3,(H,29,33)/t23-,24-/m0/s1. The van der Waals surface area contributed by atoms with E-state index in [-0.39, 0.29) is 30.1 Å². The number of carbonyl (C=O) groups is 2. The molecule has 176 valence electrons. The maximum Gasteiger partial charge on any atom is 0.262 e. The lowest BCUT2D eigenvalue weighted by Gasteiger charge is -2.23. The van der Waals surface area contributed by atoms with E-state index in [1.165, 1.54) is 23.9 Å². The topological polar surface area (TPSA) is 74.1 Å². The lowest BCUT2D eigenvalue weighted by molar-refractivity contribution is -0.121. The summed E-state index contributed by atoms with van der Waals surface area (Å²) in [5.41, 5.74) is 4.36. The molecule has 5 rings (SSSR count). The van der Waals surface area contributed by atoms with Crippen LogP contribution in [0.4, 0.5) is 10.1 Å². The average molecular weight is 487 g/mol. The summed E-state index contributed by atoms with van der Waals surface area (Å²) in [6.07, 6.45) is 0.540. The first-order valence-corrected chi connectivity index (χ1v) is 12.2. The number of aliphatic imine (C=N–C) groups is 1. The molecule has 3 aromatic rings. The number of nitrogens with one attached hydrogen (secondary N) is 1. The van der Waals surface area contributed by atoms with E-state index in [4.69, 9.17) is 5.10 Å². The number of para-hydroxylation sites is 1. The number of nitrogens with zero attached hydrogens (tertiary/aromatic N) is 3. The van der Waals surface area contributed by atoms with Gasteiger partial charge in [0.2, 0.25) is 5.91 Å². The molecule has 6 nitrogen and oxygen atoms in total. The van der Waals surface area contributed by atoms with Gasteiger partial charge in [-0.2, -0.15) is 10.1 Å². The zero-order chi connectivity index (χ0) is 24.4. The monoisotopic (exact) mass is 486 g/mol. The van der Waals surface area contributed by atoms with Crippen LogP contribution in [-0.2, 0) is 9.59 Å². The van der Waals surface area contributed by atoms with E-state index in [1.807, 2.05) is 55.5 Å². The first-order valence-electron chi connectivity index (χ1n) is 11.3. The highest BCUT2D eigenvalue weighted by atomic mass is 32.2. The molecule has 2 heterocycles. The molecular formula is C27H23FN4O2S. The van der Waals surface area contributed by atoms with E-state index >= 15 is 0 Å². The minimum Gasteiger partial charge on any atom is -0.326 e.